The van der Waals surface area contributed by atoms with Gasteiger partial charge in [0.15, 0.2) is 0 Å². The summed E-state index contributed by atoms with van der Waals surface area (Å²) in [6.45, 7) is 9.12. The van der Waals surface area contributed by atoms with Crippen molar-refractivity contribution in [1.82, 2.24) is 0 Å². The summed E-state index contributed by atoms with van der Waals surface area (Å²) in [4.78, 5) is 3.54. The Morgan fingerprint density at radius 2 is 1.04 bits per heavy atom. The molecular weight excluding hydrogens is 689 g/mol. The first-order valence-corrected chi connectivity index (χ1v) is 24.7. The van der Waals surface area contributed by atoms with Crippen molar-refractivity contribution in [3.8, 4) is 0 Å². The van der Waals surface area contributed by atoms with E-state index in [1.807, 2.05) is 0 Å². The third-order valence-corrected chi connectivity index (χ3v) is 12.0. The van der Waals surface area contributed by atoms with Crippen LogP contribution in [-0.2, 0) is 12.8 Å². The quantitative estimate of drug-likeness (QED) is 0.0164. The molecule has 0 aliphatic heterocycles. The molecule has 0 amide bonds. The largest absolute Gasteiger partial charge is 0.348 e. The molecule has 0 bridgehead atoms. The fourth-order valence-electron chi connectivity index (χ4n) is 8.42. The number of benzene rings is 2. The fourth-order valence-corrected chi connectivity index (χ4v) is 8.42. The van der Waals surface area contributed by atoms with Crippen LogP contribution in [0.15, 0.2) is 71.8 Å². The Kier molecular flexibility index (Phi) is 31.9. The Hall–Kier alpha value is -2.92. The van der Waals surface area contributed by atoms with Crippen LogP contribution in [0.25, 0.3) is 11.1 Å². The lowest BCUT2D eigenvalue weighted by Crippen LogP contribution is -2.04. The van der Waals surface area contributed by atoms with Gasteiger partial charge in [0.2, 0.25) is 0 Å². The van der Waals surface area contributed by atoms with E-state index in [9.17, 15) is 5.53 Å². The third kappa shape index (κ3) is 23.9. The van der Waals surface area contributed by atoms with Gasteiger partial charge in [-0.05, 0) is 97.6 Å². The number of unbranched alkanes of at least 4 members (excludes halogenated alkanes) is 24. The minimum atomic E-state index is 0.885. The third-order valence-electron chi connectivity index (χ3n) is 12.0. The van der Waals surface area contributed by atoms with Crippen molar-refractivity contribution in [1.29, 1.82) is 0 Å². The van der Waals surface area contributed by atoms with Gasteiger partial charge in [0, 0.05) is 0 Å². The molecule has 318 valence electrons. The van der Waals surface area contributed by atoms with Crippen LogP contribution in [-0.4, -0.2) is 10.7 Å². The van der Waals surface area contributed by atoms with Gasteiger partial charge in [-0.1, -0.05) is 236 Å². The van der Waals surface area contributed by atoms with Gasteiger partial charge in [-0.25, -0.2) is 0 Å². The van der Waals surface area contributed by atoms with Crippen LogP contribution in [0.3, 0.4) is 0 Å². The lowest BCUT2D eigenvalue weighted by molar-refractivity contribution is 0.00739. The minimum Gasteiger partial charge on any atom is -0.348 e. The first-order chi connectivity index (χ1) is 28.2. The Morgan fingerprint density at radius 3 is 1.63 bits per heavy atom. The topological polar surface area (TPSA) is 36.4 Å². The van der Waals surface area contributed by atoms with E-state index in [0.29, 0.717) is 0 Å². The van der Waals surface area contributed by atoms with Crippen LogP contribution in [0.4, 0.5) is 0 Å². The van der Waals surface area contributed by atoms with Crippen molar-refractivity contribution in [3.63, 3.8) is 0 Å². The monoisotopic (exact) mass is 777 g/mol. The predicted octanol–water partition coefficient (Wildman–Crippen LogP) is 18.1. The second-order valence-electron chi connectivity index (χ2n) is 17.1. The SMILES string of the molecule is CCCCCCCCCCCCCCCCCCC=CCCc1ccccc1C(=C(CCCCCCCC)C(=C=[N+]=[N-])CCCC)c1cccc(CCCCC)c1. The van der Waals surface area contributed by atoms with Crippen molar-refractivity contribution in [2.45, 2.75) is 240 Å². The molecule has 2 aromatic rings. The summed E-state index contributed by atoms with van der Waals surface area (Å²) in [5.74, 6) is 3.11. The molecule has 2 nitrogen and oxygen atoms in total. The molecule has 0 unspecified atom stereocenters. The summed E-state index contributed by atoms with van der Waals surface area (Å²) in [5, 5.41) is 0. The number of rotatable bonds is 37. The molecular formula is C55H88N2. The molecule has 0 atom stereocenters. The number of hydrogen-bond acceptors (Lipinski definition) is 0. The molecule has 0 spiro atoms. The second-order valence-corrected chi connectivity index (χ2v) is 17.1. The molecule has 2 rings (SSSR count). The minimum absolute atomic E-state index is 0.885. The average Bonchev–Trinajstić information content (AvgIpc) is 3.23. The standard InChI is InChI=1S/C55H88N2/c1-5-9-13-15-17-18-19-20-21-22-23-24-25-26-27-28-29-30-31-34-42-50-43-36-37-46-53(50)55(51-44-38-40-49(47-51)39-33-11-7-3)54(45-35-32-16-14-10-6-2)52(48-57-56)41-12-8-4/h30-31,36-38,40,43-44,46-47H,5-29,32-35,39,41-42,45H2,1-4H3. The Bertz CT molecular complexity index is 1420. The predicted molar refractivity (Wildman–Crippen MR) is 253 cm³/mol. The van der Waals surface area contributed by atoms with Crippen molar-refractivity contribution in [2.24, 2.45) is 0 Å². The normalized spacial score (nSPS) is 11.9. The zero-order valence-electron chi connectivity index (χ0n) is 38.0. The van der Waals surface area contributed by atoms with Crippen molar-refractivity contribution >= 4 is 11.4 Å². The summed E-state index contributed by atoms with van der Waals surface area (Å²) < 4.78 is 0. The number of hydrogen-bond donors (Lipinski definition) is 0. The van der Waals surface area contributed by atoms with Crippen LogP contribution in [0.1, 0.15) is 249 Å². The van der Waals surface area contributed by atoms with Crippen LogP contribution >= 0.6 is 0 Å². The van der Waals surface area contributed by atoms with Crippen LogP contribution < -0.4 is 0 Å². The summed E-state index contributed by atoms with van der Waals surface area (Å²) in [6.07, 6.45) is 47.3. The highest BCUT2D eigenvalue weighted by atomic mass is 14.8. The van der Waals surface area contributed by atoms with Crippen LogP contribution in [0.2, 0.25) is 0 Å². The molecule has 0 saturated carbocycles. The van der Waals surface area contributed by atoms with E-state index >= 15 is 0 Å². The van der Waals surface area contributed by atoms with Crippen LogP contribution in [0.5, 0.6) is 0 Å². The maximum absolute atomic E-state index is 9.89. The zero-order chi connectivity index (χ0) is 40.9. The van der Waals surface area contributed by atoms with Crippen molar-refractivity contribution in [3.05, 3.63) is 99.6 Å². The van der Waals surface area contributed by atoms with Gasteiger partial charge in [0.1, 0.15) is 0 Å². The molecule has 0 radical (unpaired) electrons. The lowest BCUT2D eigenvalue weighted by atomic mass is 9.82. The van der Waals surface area contributed by atoms with E-state index in [1.165, 1.54) is 194 Å². The maximum atomic E-state index is 9.89. The first kappa shape index (κ1) is 50.2. The van der Waals surface area contributed by atoms with E-state index in [-0.39, 0.29) is 0 Å². The highest BCUT2D eigenvalue weighted by molar-refractivity contribution is 5.88. The van der Waals surface area contributed by atoms with Gasteiger partial charge in [0.25, 0.3) is 0 Å². The van der Waals surface area contributed by atoms with Crippen molar-refractivity contribution < 1.29 is 4.79 Å². The van der Waals surface area contributed by atoms with Gasteiger partial charge < -0.3 is 5.53 Å². The highest BCUT2D eigenvalue weighted by Crippen LogP contribution is 2.37. The molecule has 2 heteroatoms. The molecule has 0 fully saturated rings. The molecule has 57 heavy (non-hydrogen) atoms. The van der Waals surface area contributed by atoms with E-state index < -0.39 is 0 Å². The van der Waals surface area contributed by atoms with E-state index in [0.717, 1.165) is 56.9 Å². The molecule has 0 heterocycles. The zero-order valence-corrected chi connectivity index (χ0v) is 38.0. The number of nitrogens with zero attached hydrogens (tertiary/aromatic N) is 2. The Morgan fingerprint density at radius 1 is 0.509 bits per heavy atom. The van der Waals surface area contributed by atoms with E-state index in [4.69, 9.17) is 0 Å². The summed E-state index contributed by atoms with van der Waals surface area (Å²) in [5.41, 5.74) is 19.1. The summed E-state index contributed by atoms with van der Waals surface area (Å²) in [6, 6.07) is 18.5. The van der Waals surface area contributed by atoms with Gasteiger partial charge in [0.05, 0.1) is 5.57 Å². The molecule has 0 aliphatic rings. The molecule has 0 N–H and O–H groups in total. The Labute approximate surface area is 354 Å². The molecule has 0 saturated heterocycles. The van der Waals surface area contributed by atoms with Gasteiger partial charge in [-0.2, -0.15) is 0 Å². The summed E-state index contributed by atoms with van der Waals surface area (Å²) >= 11 is 0. The van der Waals surface area contributed by atoms with Gasteiger partial charge in [-0.3, -0.25) is 0 Å². The van der Waals surface area contributed by atoms with Gasteiger partial charge >= 0.3 is 5.87 Å². The van der Waals surface area contributed by atoms with Gasteiger partial charge in [-0.15, -0.1) is 4.79 Å². The fraction of sp³-hybridized carbons (Fsp3) is 0.673. The highest BCUT2D eigenvalue weighted by Gasteiger charge is 2.20. The second kappa shape index (κ2) is 36.2. The van der Waals surface area contributed by atoms with Crippen molar-refractivity contribution in [2.75, 3.05) is 0 Å². The van der Waals surface area contributed by atoms with E-state index in [2.05, 4.69) is 99.0 Å². The van der Waals surface area contributed by atoms with Crippen LogP contribution in [0, 0.1) is 0 Å². The summed E-state index contributed by atoms with van der Waals surface area (Å²) in [7, 11) is 0. The number of allylic oxidation sites excluding steroid dienone is 4. The molecule has 0 aliphatic carbocycles. The molecule has 2 aromatic carbocycles. The molecule has 0 aromatic heterocycles. The maximum Gasteiger partial charge on any atom is 0.303 e. The lowest BCUT2D eigenvalue weighted by Gasteiger charge is -2.20. The first-order valence-electron chi connectivity index (χ1n) is 24.7. The smallest absolute Gasteiger partial charge is 0.303 e. The Balaban J connectivity index is 2.08. The average molecular weight is 777 g/mol. The number of aryl methyl sites for hydroxylation is 2. The van der Waals surface area contributed by atoms with E-state index in [1.54, 1.807) is 0 Å².